The van der Waals surface area contributed by atoms with Gasteiger partial charge in [0.05, 0.1) is 5.56 Å². The molecular weight excluding hydrogens is 330 g/mol. The molecule has 1 amide bonds. The molecule has 4 nitrogen and oxygen atoms in total. The van der Waals surface area contributed by atoms with Crippen LogP contribution in [-0.2, 0) is 6.54 Å². The van der Waals surface area contributed by atoms with E-state index in [2.05, 4.69) is 47.3 Å². The number of nitrogens with zero attached hydrogens (tertiary/aromatic N) is 2. The number of hydrogen-bond donors (Lipinski definition) is 1. The highest BCUT2D eigenvalue weighted by Crippen LogP contribution is 2.31. The number of amides is 1. The predicted molar refractivity (Wildman–Crippen MR) is 99.7 cm³/mol. The maximum absolute atomic E-state index is 12.6. The lowest BCUT2D eigenvalue weighted by Gasteiger charge is -2.11. The summed E-state index contributed by atoms with van der Waals surface area (Å²) in [5.41, 5.74) is 3.99. The predicted octanol–water partition coefficient (Wildman–Crippen LogP) is 4.17. The molecule has 5 heteroatoms. The van der Waals surface area contributed by atoms with Gasteiger partial charge in [0, 0.05) is 30.0 Å². The molecule has 2 heterocycles. The van der Waals surface area contributed by atoms with Gasteiger partial charge in [0.15, 0.2) is 0 Å². The van der Waals surface area contributed by atoms with Gasteiger partial charge in [-0.15, -0.1) is 0 Å². The summed E-state index contributed by atoms with van der Waals surface area (Å²) in [4.78, 5) is 22.1. The number of aryl methyl sites for hydroxylation is 2. The Bertz CT molecular complexity index is 881. The molecule has 126 valence electrons. The summed E-state index contributed by atoms with van der Waals surface area (Å²) in [5, 5.41) is 3.65. The first kappa shape index (κ1) is 17.2. The van der Waals surface area contributed by atoms with Crippen LogP contribution in [0.15, 0.2) is 71.0 Å². The molecule has 1 aromatic carbocycles. The molecule has 0 aliphatic heterocycles. The molecule has 1 N–H and O–H groups in total. The van der Waals surface area contributed by atoms with Crippen LogP contribution in [-0.4, -0.2) is 15.9 Å². The molecule has 0 spiro atoms. The molecule has 2 aromatic heterocycles. The highest BCUT2D eigenvalue weighted by atomic mass is 32.2. The summed E-state index contributed by atoms with van der Waals surface area (Å²) in [6, 6.07) is 13.6. The summed E-state index contributed by atoms with van der Waals surface area (Å²) in [6.07, 6.45) is 5.14. The Balaban J connectivity index is 1.77. The number of carbonyl (C=O) groups excluding carboxylic acids is 1. The lowest BCUT2D eigenvalue weighted by molar-refractivity contribution is 0.0947. The van der Waals surface area contributed by atoms with E-state index in [4.69, 9.17) is 0 Å². The standard InChI is InChI=1S/C20H19N3OS/c1-14-5-6-18(15(2)12-14)25-20-17(4-3-9-22-20)19(24)23-13-16-7-10-21-11-8-16/h3-12H,13H2,1-2H3,(H,23,24). The number of rotatable bonds is 5. The zero-order valence-corrected chi connectivity index (χ0v) is 15.0. The van der Waals surface area contributed by atoms with Gasteiger partial charge in [-0.25, -0.2) is 4.98 Å². The van der Waals surface area contributed by atoms with E-state index in [0.717, 1.165) is 10.5 Å². The highest BCUT2D eigenvalue weighted by Gasteiger charge is 2.14. The van der Waals surface area contributed by atoms with Crippen molar-refractivity contribution < 1.29 is 4.79 Å². The van der Waals surface area contributed by atoms with Gasteiger partial charge < -0.3 is 5.32 Å². The van der Waals surface area contributed by atoms with Crippen molar-refractivity contribution in [1.29, 1.82) is 0 Å². The molecule has 0 bridgehead atoms. The van der Waals surface area contributed by atoms with Crippen molar-refractivity contribution in [3.8, 4) is 0 Å². The third kappa shape index (κ3) is 4.45. The zero-order chi connectivity index (χ0) is 17.6. The SMILES string of the molecule is Cc1ccc(Sc2ncccc2C(=O)NCc2ccncc2)c(C)c1. The molecule has 3 rings (SSSR count). The molecule has 0 atom stereocenters. The van der Waals surface area contributed by atoms with E-state index >= 15 is 0 Å². The van der Waals surface area contributed by atoms with Gasteiger partial charge in [0.2, 0.25) is 0 Å². The van der Waals surface area contributed by atoms with Crippen LogP contribution in [0.25, 0.3) is 0 Å². The molecule has 3 aromatic rings. The van der Waals surface area contributed by atoms with E-state index in [1.807, 2.05) is 12.1 Å². The van der Waals surface area contributed by atoms with E-state index < -0.39 is 0 Å². The zero-order valence-electron chi connectivity index (χ0n) is 14.2. The van der Waals surface area contributed by atoms with Crippen LogP contribution >= 0.6 is 11.8 Å². The molecule has 0 fully saturated rings. The fraction of sp³-hybridized carbons (Fsp3) is 0.150. The molecule has 0 unspecified atom stereocenters. The molecule has 25 heavy (non-hydrogen) atoms. The van der Waals surface area contributed by atoms with Gasteiger partial charge in [0.25, 0.3) is 5.91 Å². The van der Waals surface area contributed by atoms with Crippen LogP contribution in [0.5, 0.6) is 0 Å². The summed E-state index contributed by atoms with van der Waals surface area (Å²) in [7, 11) is 0. The van der Waals surface area contributed by atoms with Gasteiger partial charge in [-0.2, -0.15) is 0 Å². The number of hydrogen-bond acceptors (Lipinski definition) is 4. The summed E-state index contributed by atoms with van der Waals surface area (Å²) in [6.45, 7) is 4.60. The number of benzene rings is 1. The second-order valence-corrected chi connectivity index (χ2v) is 6.80. The molecule has 0 aliphatic rings. The van der Waals surface area contributed by atoms with Gasteiger partial charge >= 0.3 is 0 Å². The Morgan fingerprint density at radius 3 is 2.64 bits per heavy atom. The minimum atomic E-state index is -0.128. The lowest BCUT2D eigenvalue weighted by atomic mass is 10.2. The van der Waals surface area contributed by atoms with Crippen LogP contribution in [0, 0.1) is 13.8 Å². The third-order valence-electron chi connectivity index (χ3n) is 3.76. The van der Waals surface area contributed by atoms with E-state index in [1.54, 1.807) is 30.7 Å². The van der Waals surface area contributed by atoms with Crippen molar-refractivity contribution in [2.45, 2.75) is 30.3 Å². The molecule has 0 saturated heterocycles. The van der Waals surface area contributed by atoms with E-state index in [0.29, 0.717) is 17.1 Å². The van der Waals surface area contributed by atoms with E-state index in [1.165, 1.54) is 22.9 Å². The van der Waals surface area contributed by atoms with Crippen LogP contribution in [0.4, 0.5) is 0 Å². The maximum Gasteiger partial charge on any atom is 0.254 e. The Labute approximate surface area is 151 Å². The highest BCUT2D eigenvalue weighted by molar-refractivity contribution is 7.99. The largest absolute Gasteiger partial charge is 0.348 e. The minimum Gasteiger partial charge on any atom is -0.348 e. The number of aromatic nitrogens is 2. The first-order chi connectivity index (χ1) is 12.1. The summed E-state index contributed by atoms with van der Waals surface area (Å²) < 4.78 is 0. The molecule has 0 aliphatic carbocycles. The van der Waals surface area contributed by atoms with E-state index in [9.17, 15) is 4.79 Å². The van der Waals surface area contributed by atoms with Gasteiger partial charge in [-0.3, -0.25) is 9.78 Å². The van der Waals surface area contributed by atoms with Crippen LogP contribution in [0.2, 0.25) is 0 Å². The topological polar surface area (TPSA) is 54.9 Å². The van der Waals surface area contributed by atoms with Crippen LogP contribution in [0.3, 0.4) is 0 Å². The Kier molecular flexibility index (Phi) is 5.46. The fourth-order valence-electron chi connectivity index (χ4n) is 2.44. The first-order valence-corrected chi connectivity index (χ1v) is 8.82. The normalized spacial score (nSPS) is 10.5. The quantitative estimate of drug-likeness (QED) is 0.751. The number of nitrogens with one attached hydrogen (secondary N) is 1. The Morgan fingerprint density at radius 1 is 1.08 bits per heavy atom. The fourth-order valence-corrected chi connectivity index (χ4v) is 3.39. The van der Waals surface area contributed by atoms with Crippen molar-refractivity contribution in [1.82, 2.24) is 15.3 Å². The smallest absolute Gasteiger partial charge is 0.254 e. The molecular formula is C20H19N3OS. The van der Waals surface area contributed by atoms with Crippen molar-refractivity contribution in [2.24, 2.45) is 0 Å². The summed E-state index contributed by atoms with van der Waals surface area (Å²) in [5.74, 6) is -0.128. The Morgan fingerprint density at radius 2 is 1.88 bits per heavy atom. The second-order valence-electron chi connectivity index (χ2n) is 5.77. The minimum absolute atomic E-state index is 0.128. The average Bonchev–Trinajstić information content (AvgIpc) is 2.63. The average molecular weight is 349 g/mol. The lowest BCUT2D eigenvalue weighted by Crippen LogP contribution is -2.23. The second kappa shape index (κ2) is 7.94. The Hall–Kier alpha value is -2.66. The molecule has 0 saturated carbocycles. The molecule has 0 radical (unpaired) electrons. The van der Waals surface area contributed by atoms with Gasteiger partial charge in [-0.05, 0) is 55.3 Å². The first-order valence-electron chi connectivity index (χ1n) is 8.01. The van der Waals surface area contributed by atoms with Crippen molar-refractivity contribution in [3.63, 3.8) is 0 Å². The van der Waals surface area contributed by atoms with Crippen LogP contribution in [0.1, 0.15) is 27.0 Å². The van der Waals surface area contributed by atoms with Crippen molar-refractivity contribution in [3.05, 3.63) is 83.3 Å². The summed E-state index contributed by atoms with van der Waals surface area (Å²) >= 11 is 1.52. The van der Waals surface area contributed by atoms with Crippen molar-refractivity contribution >= 4 is 17.7 Å². The van der Waals surface area contributed by atoms with Crippen molar-refractivity contribution in [2.75, 3.05) is 0 Å². The van der Waals surface area contributed by atoms with Gasteiger partial charge in [0.1, 0.15) is 5.03 Å². The van der Waals surface area contributed by atoms with Crippen LogP contribution < -0.4 is 5.32 Å². The van der Waals surface area contributed by atoms with E-state index in [-0.39, 0.29) is 5.91 Å². The number of pyridine rings is 2. The van der Waals surface area contributed by atoms with Gasteiger partial charge in [-0.1, -0.05) is 29.5 Å². The third-order valence-corrected chi connectivity index (χ3v) is 4.95. The monoisotopic (exact) mass is 349 g/mol. The number of carbonyl (C=O) groups is 1. The maximum atomic E-state index is 12.6.